The van der Waals surface area contributed by atoms with Gasteiger partial charge in [-0.25, -0.2) is 0 Å². The molecule has 104 valence electrons. The van der Waals surface area contributed by atoms with Crippen LogP contribution in [-0.4, -0.2) is 19.1 Å². The van der Waals surface area contributed by atoms with Gasteiger partial charge >= 0.3 is 6.61 Å². The molecule has 1 unspecified atom stereocenters. The molecule has 0 aromatic heterocycles. The molecule has 0 radical (unpaired) electrons. The minimum atomic E-state index is -2.86. The average molecular weight is 270 g/mol. The summed E-state index contributed by atoms with van der Waals surface area (Å²) in [5.41, 5.74) is 5.99. The summed E-state index contributed by atoms with van der Waals surface area (Å²) >= 11 is 0. The lowest BCUT2D eigenvalue weighted by molar-refractivity contribution is -0.120. The highest BCUT2D eigenvalue weighted by atomic mass is 19.3. The molecule has 1 amide bonds. The number of ether oxygens (including phenoxy) is 1. The van der Waals surface area contributed by atoms with Gasteiger partial charge in [0.2, 0.25) is 5.91 Å². The number of hydrogen-bond acceptors (Lipinski definition) is 3. The highest BCUT2D eigenvalue weighted by molar-refractivity contribution is 5.81. The second-order valence-electron chi connectivity index (χ2n) is 4.63. The summed E-state index contributed by atoms with van der Waals surface area (Å²) in [5.74, 6) is 0.190. The van der Waals surface area contributed by atoms with E-state index in [9.17, 15) is 13.6 Å². The normalized spacial score (nSPS) is 16.4. The molecule has 3 N–H and O–H groups in total. The maximum absolute atomic E-state index is 12.0. The van der Waals surface area contributed by atoms with Crippen molar-refractivity contribution >= 4 is 5.91 Å². The predicted molar refractivity (Wildman–Crippen MR) is 65.7 cm³/mol. The summed E-state index contributed by atoms with van der Waals surface area (Å²) < 4.78 is 28.3. The van der Waals surface area contributed by atoms with Crippen LogP contribution in [-0.2, 0) is 4.79 Å². The SMILES string of the molecule is NC(=O)C(NCC1CC1)c1ccc(OC(F)F)cc1. The fourth-order valence-corrected chi connectivity index (χ4v) is 1.83. The summed E-state index contributed by atoms with van der Waals surface area (Å²) in [7, 11) is 0. The Kier molecular flexibility index (Phi) is 4.31. The lowest BCUT2D eigenvalue weighted by atomic mass is 10.1. The zero-order valence-electron chi connectivity index (χ0n) is 10.3. The van der Waals surface area contributed by atoms with Gasteiger partial charge in [0.25, 0.3) is 0 Å². The Hall–Kier alpha value is -1.69. The van der Waals surface area contributed by atoms with E-state index in [1.165, 1.54) is 25.0 Å². The minimum absolute atomic E-state index is 0.0594. The number of primary amides is 1. The van der Waals surface area contributed by atoms with Crippen molar-refractivity contribution in [3.8, 4) is 5.75 Å². The largest absolute Gasteiger partial charge is 0.435 e. The molecule has 1 fully saturated rings. The number of carbonyl (C=O) groups excluding carboxylic acids is 1. The van der Waals surface area contributed by atoms with Gasteiger partial charge in [-0.1, -0.05) is 12.1 Å². The van der Waals surface area contributed by atoms with E-state index in [1.807, 2.05) is 0 Å². The van der Waals surface area contributed by atoms with E-state index in [1.54, 1.807) is 12.1 Å². The molecule has 1 saturated carbocycles. The molecule has 0 bridgehead atoms. The third-order valence-electron chi connectivity index (χ3n) is 3.03. The number of alkyl halides is 2. The van der Waals surface area contributed by atoms with Crippen LogP contribution in [0.5, 0.6) is 5.75 Å². The van der Waals surface area contributed by atoms with Crippen LogP contribution in [0.1, 0.15) is 24.4 Å². The first-order chi connectivity index (χ1) is 9.06. The molecule has 19 heavy (non-hydrogen) atoms. The first-order valence-electron chi connectivity index (χ1n) is 6.13. The van der Waals surface area contributed by atoms with Gasteiger partial charge in [-0.15, -0.1) is 0 Å². The zero-order chi connectivity index (χ0) is 13.8. The molecular weight excluding hydrogens is 254 g/mol. The number of nitrogens with one attached hydrogen (secondary N) is 1. The first kappa shape index (κ1) is 13.7. The van der Waals surface area contributed by atoms with Crippen molar-refractivity contribution in [3.63, 3.8) is 0 Å². The summed E-state index contributed by atoms with van der Waals surface area (Å²) in [5, 5.41) is 3.09. The molecule has 1 aromatic rings. The molecule has 1 aliphatic carbocycles. The van der Waals surface area contributed by atoms with Crippen LogP contribution in [0.3, 0.4) is 0 Å². The van der Waals surface area contributed by atoms with E-state index in [2.05, 4.69) is 10.1 Å². The standard InChI is InChI=1S/C13H16F2N2O2/c14-13(15)19-10-5-3-9(4-6-10)11(12(16)18)17-7-8-1-2-8/h3-6,8,11,13,17H,1-2,7H2,(H2,16,18). The van der Waals surface area contributed by atoms with E-state index in [0.717, 1.165) is 6.54 Å². The van der Waals surface area contributed by atoms with Crippen LogP contribution in [0.4, 0.5) is 8.78 Å². The van der Waals surface area contributed by atoms with E-state index < -0.39 is 18.6 Å². The Labute approximate surface area is 109 Å². The van der Waals surface area contributed by atoms with Gasteiger partial charge in [0, 0.05) is 0 Å². The van der Waals surface area contributed by atoms with Gasteiger partial charge in [-0.3, -0.25) is 4.79 Å². The van der Waals surface area contributed by atoms with Crippen molar-refractivity contribution in [3.05, 3.63) is 29.8 Å². The predicted octanol–water partition coefficient (Wildman–Crippen LogP) is 1.81. The van der Waals surface area contributed by atoms with Crippen LogP contribution in [0, 0.1) is 5.92 Å². The Morgan fingerprint density at radius 1 is 1.37 bits per heavy atom. The van der Waals surface area contributed by atoms with Crippen LogP contribution >= 0.6 is 0 Å². The van der Waals surface area contributed by atoms with Crippen LogP contribution in [0.15, 0.2) is 24.3 Å². The Morgan fingerprint density at radius 3 is 2.47 bits per heavy atom. The molecule has 0 heterocycles. The molecule has 0 saturated heterocycles. The highest BCUT2D eigenvalue weighted by Gasteiger charge is 2.24. The number of carbonyl (C=O) groups is 1. The van der Waals surface area contributed by atoms with Gasteiger partial charge in [-0.2, -0.15) is 8.78 Å². The number of rotatable bonds is 7. The van der Waals surface area contributed by atoms with Crippen LogP contribution in [0.2, 0.25) is 0 Å². The van der Waals surface area contributed by atoms with Gasteiger partial charge < -0.3 is 15.8 Å². The molecule has 4 nitrogen and oxygen atoms in total. The van der Waals surface area contributed by atoms with Crippen molar-refractivity contribution < 1.29 is 18.3 Å². The second-order valence-corrected chi connectivity index (χ2v) is 4.63. The maximum Gasteiger partial charge on any atom is 0.387 e. The second kappa shape index (κ2) is 5.97. The topological polar surface area (TPSA) is 64.4 Å². The summed E-state index contributed by atoms with van der Waals surface area (Å²) in [4.78, 5) is 11.4. The monoisotopic (exact) mass is 270 g/mol. The number of nitrogens with two attached hydrogens (primary N) is 1. The fraction of sp³-hybridized carbons (Fsp3) is 0.462. The number of hydrogen-bond donors (Lipinski definition) is 2. The van der Waals surface area contributed by atoms with Crippen molar-refractivity contribution in [1.82, 2.24) is 5.32 Å². The van der Waals surface area contributed by atoms with Crippen molar-refractivity contribution in [1.29, 1.82) is 0 Å². The zero-order valence-corrected chi connectivity index (χ0v) is 10.3. The molecule has 6 heteroatoms. The van der Waals surface area contributed by atoms with E-state index >= 15 is 0 Å². The molecule has 2 rings (SSSR count). The fourth-order valence-electron chi connectivity index (χ4n) is 1.83. The van der Waals surface area contributed by atoms with Gasteiger partial charge in [0.1, 0.15) is 11.8 Å². The third-order valence-corrected chi connectivity index (χ3v) is 3.03. The van der Waals surface area contributed by atoms with Crippen molar-refractivity contribution in [2.24, 2.45) is 11.7 Å². The van der Waals surface area contributed by atoms with Crippen molar-refractivity contribution in [2.45, 2.75) is 25.5 Å². The Bertz CT molecular complexity index is 433. The molecular formula is C13H16F2N2O2. The van der Waals surface area contributed by atoms with Gasteiger partial charge in [0.05, 0.1) is 0 Å². The third kappa shape index (κ3) is 4.17. The summed E-state index contributed by atoms with van der Waals surface area (Å²) in [6.45, 7) is -2.12. The Morgan fingerprint density at radius 2 is 2.00 bits per heavy atom. The van der Waals surface area contributed by atoms with Crippen LogP contribution in [0.25, 0.3) is 0 Å². The highest BCUT2D eigenvalue weighted by Crippen LogP contribution is 2.28. The Balaban J connectivity index is 2.01. The molecule has 1 atom stereocenters. The number of halogens is 2. The molecule has 0 spiro atoms. The van der Waals surface area contributed by atoms with Crippen molar-refractivity contribution in [2.75, 3.05) is 6.54 Å². The van der Waals surface area contributed by atoms with Gasteiger partial charge in [0.15, 0.2) is 0 Å². The summed E-state index contributed by atoms with van der Waals surface area (Å²) in [6.07, 6.45) is 2.33. The molecule has 1 aromatic carbocycles. The average Bonchev–Trinajstić information content (AvgIpc) is 3.14. The minimum Gasteiger partial charge on any atom is -0.435 e. The summed E-state index contributed by atoms with van der Waals surface area (Å²) in [6, 6.07) is 5.33. The maximum atomic E-state index is 12.0. The van der Waals surface area contributed by atoms with E-state index in [0.29, 0.717) is 11.5 Å². The van der Waals surface area contributed by atoms with E-state index in [4.69, 9.17) is 5.73 Å². The van der Waals surface area contributed by atoms with Crippen LogP contribution < -0.4 is 15.8 Å². The molecule has 1 aliphatic rings. The number of amides is 1. The smallest absolute Gasteiger partial charge is 0.387 e. The first-order valence-corrected chi connectivity index (χ1v) is 6.13. The molecule has 0 aliphatic heterocycles. The number of benzene rings is 1. The van der Waals surface area contributed by atoms with Gasteiger partial charge in [-0.05, 0) is 43.0 Å². The van der Waals surface area contributed by atoms with E-state index in [-0.39, 0.29) is 5.75 Å². The quantitative estimate of drug-likeness (QED) is 0.794. The lowest BCUT2D eigenvalue weighted by Crippen LogP contribution is -2.34. The lowest BCUT2D eigenvalue weighted by Gasteiger charge is -2.16.